The molecule has 1 aliphatic rings. The fourth-order valence-corrected chi connectivity index (χ4v) is 3.44. The molecule has 0 saturated heterocycles. The Labute approximate surface area is 181 Å². The van der Waals surface area contributed by atoms with Gasteiger partial charge in [-0.1, -0.05) is 12.1 Å². The SMILES string of the molecule is CCOc1cc(=O)[nH]cc1C1(C)N=C(c2ccc(C(C)C#N)c(C(F)(F)F)c2)NC=C1O. The fraction of sp³-hybridized carbons (Fsp3) is 0.318. The van der Waals surface area contributed by atoms with E-state index < -0.39 is 28.8 Å². The zero-order valence-electron chi connectivity index (χ0n) is 17.5. The number of hydrogen-bond donors (Lipinski definition) is 3. The first kappa shape index (κ1) is 22.9. The topological polar surface area (TPSA) is 111 Å². The number of aromatic nitrogens is 1. The molecule has 1 aliphatic heterocycles. The third-order valence-corrected chi connectivity index (χ3v) is 5.18. The van der Waals surface area contributed by atoms with Gasteiger partial charge in [-0.2, -0.15) is 18.4 Å². The van der Waals surface area contributed by atoms with Crippen molar-refractivity contribution >= 4 is 5.84 Å². The lowest BCUT2D eigenvalue weighted by Gasteiger charge is -2.31. The van der Waals surface area contributed by atoms with Crippen LogP contribution in [0, 0.1) is 11.3 Å². The Kier molecular flexibility index (Phi) is 6.03. The number of aromatic amines is 1. The molecular weight excluding hydrogens is 425 g/mol. The van der Waals surface area contributed by atoms with E-state index in [-0.39, 0.29) is 35.1 Å². The minimum atomic E-state index is -4.67. The highest BCUT2D eigenvalue weighted by Gasteiger charge is 2.39. The number of nitriles is 1. The summed E-state index contributed by atoms with van der Waals surface area (Å²) in [7, 11) is 0. The van der Waals surface area contributed by atoms with Crippen LogP contribution in [0.2, 0.25) is 0 Å². The highest BCUT2D eigenvalue weighted by Crippen LogP contribution is 2.40. The number of nitrogens with one attached hydrogen (secondary N) is 2. The van der Waals surface area contributed by atoms with Gasteiger partial charge in [0.2, 0.25) is 0 Å². The molecule has 0 spiro atoms. The summed E-state index contributed by atoms with van der Waals surface area (Å²) in [6.45, 7) is 4.92. The lowest BCUT2D eigenvalue weighted by Crippen LogP contribution is -2.35. The second kappa shape index (κ2) is 8.42. The minimum absolute atomic E-state index is 0.0700. The highest BCUT2D eigenvalue weighted by molar-refractivity contribution is 6.00. The molecule has 0 aliphatic carbocycles. The molecule has 1 aromatic carbocycles. The number of aliphatic hydroxyl groups is 1. The molecule has 2 unspecified atom stereocenters. The maximum atomic E-state index is 13.7. The molecule has 0 radical (unpaired) electrons. The second-order valence-corrected chi connectivity index (χ2v) is 7.37. The summed E-state index contributed by atoms with van der Waals surface area (Å²) in [6, 6.07) is 6.63. The molecule has 0 saturated carbocycles. The van der Waals surface area contributed by atoms with E-state index >= 15 is 0 Å². The van der Waals surface area contributed by atoms with E-state index in [2.05, 4.69) is 15.3 Å². The van der Waals surface area contributed by atoms with Crippen LogP contribution < -0.4 is 15.6 Å². The Morgan fingerprint density at radius 3 is 2.69 bits per heavy atom. The number of nitrogens with zero attached hydrogens (tertiary/aromatic N) is 2. The van der Waals surface area contributed by atoms with Crippen LogP contribution in [-0.2, 0) is 11.7 Å². The Bertz CT molecular complexity index is 1190. The van der Waals surface area contributed by atoms with Gasteiger partial charge < -0.3 is 20.1 Å². The summed E-state index contributed by atoms with van der Waals surface area (Å²) in [5, 5.41) is 22.4. The number of H-pyrrole nitrogens is 1. The molecular formula is C22H21F3N4O3. The average molecular weight is 446 g/mol. The summed E-state index contributed by atoms with van der Waals surface area (Å²) >= 11 is 0. The van der Waals surface area contributed by atoms with Crippen molar-refractivity contribution in [3.63, 3.8) is 0 Å². The summed E-state index contributed by atoms with van der Waals surface area (Å²) in [4.78, 5) is 18.7. The molecule has 7 nitrogen and oxygen atoms in total. The van der Waals surface area contributed by atoms with Crippen LogP contribution >= 0.6 is 0 Å². The maximum absolute atomic E-state index is 13.7. The number of alkyl halides is 3. The van der Waals surface area contributed by atoms with E-state index in [1.807, 2.05) is 6.07 Å². The number of aliphatic imine (C=N–C) groups is 1. The molecule has 2 aromatic rings. The standard InChI is InChI=1S/C22H21F3N4O3/c1-4-32-17-8-19(31)27-10-16(17)21(3)18(30)11-28-20(29-21)13-5-6-14(12(2)9-26)15(7-13)22(23,24)25/h5-8,10-12,30H,4H2,1-3H3,(H,27,31)(H,28,29). The lowest BCUT2D eigenvalue weighted by atomic mass is 9.89. The summed E-state index contributed by atoms with van der Waals surface area (Å²) in [6.07, 6.45) is -2.10. The number of ether oxygens (including phenoxy) is 1. The van der Waals surface area contributed by atoms with Gasteiger partial charge in [-0.3, -0.25) is 4.79 Å². The van der Waals surface area contributed by atoms with Crippen LogP contribution in [0.25, 0.3) is 0 Å². The van der Waals surface area contributed by atoms with E-state index in [1.54, 1.807) is 13.8 Å². The molecule has 2 atom stereocenters. The Hall–Kier alpha value is -3.74. The van der Waals surface area contributed by atoms with E-state index in [0.29, 0.717) is 5.56 Å². The molecule has 10 heteroatoms. The third-order valence-electron chi connectivity index (χ3n) is 5.18. The predicted octanol–water partition coefficient (Wildman–Crippen LogP) is 4.08. The largest absolute Gasteiger partial charge is 0.508 e. The maximum Gasteiger partial charge on any atom is 0.416 e. The molecule has 1 aromatic heterocycles. The molecule has 3 N–H and O–H groups in total. The van der Waals surface area contributed by atoms with Crippen molar-refractivity contribution in [1.29, 1.82) is 5.26 Å². The van der Waals surface area contributed by atoms with Crippen molar-refractivity contribution in [3.05, 3.63) is 75.0 Å². The Morgan fingerprint density at radius 2 is 2.06 bits per heavy atom. The van der Waals surface area contributed by atoms with Crippen LogP contribution in [0.5, 0.6) is 5.75 Å². The monoisotopic (exact) mass is 446 g/mol. The van der Waals surface area contributed by atoms with Gasteiger partial charge >= 0.3 is 6.18 Å². The van der Waals surface area contributed by atoms with Gasteiger partial charge in [0, 0.05) is 29.6 Å². The molecule has 168 valence electrons. The average Bonchev–Trinajstić information content (AvgIpc) is 2.74. The number of amidine groups is 1. The van der Waals surface area contributed by atoms with E-state index in [0.717, 1.165) is 6.07 Å². The van der Waals surface area contributed by atoms with Gasteiger partial charge in [0.15, 0.2) is 0 Å². The molecule has 3 rings (SSSR count). The first-order valence-electron chi connectivity index (χ1n) is 9.74. The van der Waals surface area contributed by atoms with E-state index in [1.165, 1.54) is 37.5 Å². The molecule has 0 fully saturated rings. The van der Waals surface area contributed by atoms with Crippen LogP contribution in [0.1, 0.15) is 48.9 Å². The highest BCUT2D eigenvalue weighted by atomic mass is 19.4. The van der Waals surface area contributed by atoms with E-state index in [4.69, 9.17) is 10.00 Å². The first-order chi connectivity index (χ1) is 15.0. The third kappa shape index (κ3) is 4.19. The predicted molar refractivity (Wildman–Crippen MR) is 111 cm³/mol. The number of hydrogen-bond acceptors (Lipinski definition) is 6. The van der Waals surface area contributed by atoms with Gasteiger partial charge in [-0.05, 0) is 32.4 Å². The van der Waals surface area contributed by atoms with Gasteiger partial charge in [0.1, 0.15) is 22.9 Å². The van der Waals surface area contributed by atoms with Crippen LogP contribution in [0.3, 0.4) is 0 Å². The summed E-state index contributed by atoms with van der Waals surface area (Å²) in [5.74, 6) is -0.912. The zero-order valence-corrected chi connectivity index (χ0v) is 17.5. The van der Waals surface area contributed by atoms with Crippen molar-refractivity contribution in [2.75, 3.05) is 6.61 Å². The molecule has 0 amide bonds. The number of halogens is 3. The fourth-order valence-electron chi connectivity index (χ4n) is 3.44. The summed E-state index contributed by atoms with van der Waals surface area (Å²) < 4.78 is 46.5. The number of benzene rings is 1. The van der Waals surface area contributed by atoms with Gasteiger partial charge in [-0.25, -0.2) is 4.99 Å². The Balaban J connectivity index is 2.16. The lowest BCUT2D eigenvalue weighted by molar-refractivity contribution is -0.138. The van der Waals surface area contributed by atoms with Crippen molar-refractivity contribution in [3.8, 4) is 11.8 Å². The van der Waals surface area contributed by atoms with E-state index in [9.17, 15) is 23.1 Å². The Morgan fingerprint density at radius 1 is 1.34 bits per heavy atom. The molecule has 2 heterocycles. The number of rotatable bonds is 5. The normalized spacial score (nSPS) is 19.3. The quantitative estimate of drug-likeness (QED) is 0.641. The smallest absolute Gasteiger partial charge is 0.416 e. The van der Waals surface area contributed by atoms with Crippen molar-refractivity contribution < 1.29 is 23.0 Å². The van der Waals surface area contributed by atoms with Crippen molar-refractivity contribution in [2.45, 2.75) is 38.4 Å². The minimum Gasteiger partial charge on any atom is -0.508 e. The van der Waals surface area contributed by atoms with Crippen LogP contribution in [0.4, 0.5) is 13.2 Å². The molecule has 32 heavy (non-hydrogen) atoms. The number of pyridine rings is 1. The van der Waals surface area contributed by atoms with Gasteiger partial charge in [0.25, 0.3) is 5.56 Å². The zero-order chi connectivity index (χ0) is 23.7. The summed E-state index contributed by atoms with van der Waals surface area (Å²) in [5.41, 5.74) is -2.49. The molecule has 0 bridgehead atoms. The van der Waals surface area contributed by atoms with Gasteiger partial charge in [-0.15, -0.1) is 0 Å². The first-order valence-corrected chi connectivity index (χ1v) is 9.74. The van der Waals surface area contributed by atoms with Crippen LogP contribution in [-0.4, -0.2) is 22.5 Å². The number of aliphatic hydroxyl groups excluding tert-OH is 1. The van der Waals surface area contributed by atoms with Crippen molar-refractivity contribution in [2.24, 2.45) is 4.99 Å². The van der Waals surface area contributed by atoms with Crippen LogP contribution in [0.15, 0.2) is 52.2 Å². The van der Waals surface area contributed by atoms with Gasteiger partial charge in [0.05, 0.1) is 24.2 Å². The van der Waals surface area contributed by atoms with Crippen molar-refractivity contribution in [1.82, 2.24) is 10.3 Å². The second-order valence-electron chi connectivity index (χ2n) is 7.37.